The van der Waals surface area contributed by atoms with Gasteiger partial charge < -0.3 is 4.57 Å². The quantitative estimate of drug-likeness (QED) is 0.834. The zero-order valence-electron chi connectivity index (χ0n) is 9.28. The fourth-order valence-electron chi connectivity index (χ4n) is 1.79. The topological polar surface area (TPSA) is 21.1 Å². The third-order valence-electron chi connectivity index (χ3n) is 2.62. The van der Waals surface area contributed by atoms with Gasteiger partial charge in [-0.05, 0) is 0 Å². The number of aromatic nitrogens is 2. The number of hydrogen-bond donors (Lipinski definition) is 0. The summed E-state index contributed by atoms with van der Waals surface area (Å²) in [4.78, 5) is 6.15. The summed E-state index contributed by atoms with van der Waals surface area (Å²) >= 11 is 1.88. The number of nitrogens with zero attached hydrogens (tertiary/aromatic N) is 3. The molecule has 0 spiro atoms. The summed E-state index contributed by atoms with van der Waals surface area (Å²) in [5.41, 5.74) is 0. The van der Waals surface area contributed by atoms with E-state index in [2.05, 4.69) is 9.88 Å². The van der Waals surface area contributed by atoms with E-state index >= 15 is 0 Å². The van der Waals surface area contributed by atoms with Crippen LogP contribution in [0.15, 0.2) is 12.4 Å². The molecular formula is C10H14F3N3S. The van der Waals surface area contributed by atoms with Crippen LogP contribution >= 0.6 is 11.8 Å². The summed E-state index contributed by atoms with van der Waals surface area (Å²) in [6.45, 7) is 1.39. The number of hydrogen-bond acceptors (Lipinski definition) is 3. The lowest BCUT2D eigenvalue weighted by atomic mass is 10.4. The molecule has 0 radical (unpaired) electrons. The van der Waals surface area contributed by atoms with Crippen LogP contribution in [0.5, 0.6) is 0 Å². The van der Waals surface area contributed by atoms with E-state index in [-0.39, 0.29) is 0 Å². The first-order valence-corrected chi connectivity index (χ1v) is 6.57. The number of alkyl halides is 3. The number of halogens is 3. The Hall–Kier alpha value is -0.690. The summed E-state index contributed by atoms with van der Waals surface area (Å²) in [6, 6.07) is 0. The summed E-state index contributed by atoms with van der Waals surface area (Å²) in [7, 11) is 0. The lowest BCUT2D eigenvalue weighted by molar-refractivity contribution is -0.141. The van der Waals surface area contributed by atoms with E-state index in [9.17, 15) is 13.2 Å². The van der Waals surface area contributed by atoms with Gasteiger partial charge in [-0.3, -0.25) is 4.90 Å². The Balaban J connectivity index is 1.98. The second-order valence-electron chi connectivity index (χ2n) is 3.98. The Bertz CT molecular complexity index is 358. The monoisotopic (exact) mass is 265 g/mol. The molecule has 96 valence electrons. The summed E-state index contributed by atoms with van der Waals surface area (Å²) < 4.78 is 38.1. The van der Waals surface area contributed by atoms with Crippen molar-refractivity contribution >= 4 is 11.8 Å². The van der Waals surface area contributed by atoms with Crippen LogP contribution in [0.2, 0.25) is 0 Å². The second kappa shape index (κ2) is 5.30. The molecule has 0 saturated carbocycles. The number of imidazole rings is 1. The third kappa shape index (κ3) is 3.92. The molecule has 1 aliphatic heterocycles. The Morgan fingerprint density at radius 1 is 1.29 bits per heavy atom. The molecule has 17 heavy (non-hydrogen) atoms. The zero-order chi connectivity index (χ0) is 12.3. The predicted octanol–water partition coefficient (Wildman–Crippen LogP) is 1.99. The molecule has 0 amide bonds. The molecule has 0 aliphatic carbocycles. The minimum atomic E-state index is -4.19. The van der Waals surface area contributed by atoms with Crippen molar-refractivity contribution in [3.05, 3.63) is 18.2 Å². The van der Waals surface area contributed by atoms with Crippen LogP contribution in [-0.4, -0.2) is 45.2 Å². The molecule has 0 aromatic carbocycles. The minimum absolute atomic E-state index is 0.495. The molecule has 2 rings (SSSR count). The van der Waals surface area contributed by atoms with Crippen molar-refractivity contribution < 1.29 is 13.2 Å². The first-order chi connectivity index (χ1) is 8.04. The molecule has 0 bridgehead atoms. The van der Waals surface area contributed by atoms with E-state index in [1.165, 1.54) is 17.0 Å². The van der Waals surface area contributed by atoms with Crippen LogP contribution in [0.3, 0.4) is 0 Å². The van der Waals surface area contributed by atoms with E-state index in [0.717, 1.165) is 24.6 Å². The number of thioether (sulfide) groups is 1. The summed E-state index contributed by atoms with van der Waals surface area (Å²) in [5, 5.41) is 0. The Morgan fingerprint density at radius 3 is 2.65 bits per heavy atom. The van der Waals surface area contributed by atoms with Crippen LogP contribution in [0, 0.1) is 0 Å². The van der Waals surface area contributed by atoms with Gasteiger partial charge >= 0.3 is 6.18 Å². The highest BCUT2D eigenvalue weighted by Gasteiger charge is 2.29. The van der Waals surface area contributed by atoms with Crippen LogP contribution in [0.25, 0.3) is 0 Å². The first-order valence-electron chi connectivity index (χ1n) is 5.41. The zero-order valence-corrected chi connectivity index (χ0v) is 10.1. The Labute approximate surface area is 102 Å². The normalized spacial score (nSPS) is 18.5. The molecule has 0 N–H and O–H groups in total. The van der Waals surface area contributed by atoms with Crippen LogP contribution in [-0.2, 0) is 13.1 Å². The highest BCUT2D eigenvalue weighted by Crippen LogP contribution is 2.19. The second-order valence-corrected chi connectivity index (χ2v) is 5.20. The van der Waals surface area contributed by atoms with Crippen LogP contribution in [0.1, 0.15) is 5.82 Å². The molecule has 1 saturated heterocycles. The summed E-state index contributed by atoms with van der Waals surface area (Å²) in [5.74, 6) is 2.58. The Kier molecular flexibility index (Phi) is 3.98. The van der Waals surface area contributed by atoms with Gasteiger partial charge in [0.25, 0.3) is 0 Å². The van der Waals surface area contributed by atoms with Gasteiger partial charge in [-0.2, -0.15) is 24.9 Å². The van der Waals surface area contributed by atoms with E-state index in [1.807, 2.05) is 11.8 Å². The molecule has 1 aromatic rings. The fourth-order valence-corrected chi connectivity index (χ4v) is 2.77. The van der Waals surface area contributed by atoms with Crippen molar-refractivity contribution in [1.82, 2.24) is 14.5 Å². The molecule has 1 aromatic heterocycles. The van der Waals surface area contributed by atoms with E-state index in [1.54, 1.807) is 0 Å². The van der Waals surface area contributed by atoms with Gasteiger partial charge in [-0.15, -0.1) is 0 Å². The van der Waals surface area contributed by atoms with Crippen molar-refractivity contribution in [1.29, 1.82) is 0 Å². The average Bonchev–Trinajstić information content (AvgIpc) is 2.65. The fraction of sp³-hybridized carbons (Fsp3) is 0.700. The molecule has 2 heterocycles. The largest absolute Gasteiger partial charge is 0.406 e. The van der Waals surface area contributed by atoms with Crippen molar-refractivity contribution in [2.24, 2.45) is 0 Å². The predicted molar refractivity (Wildman–Crippen MR) is 60.9 cm³/mol. The maximum absolute atomic E-state index is 12.3. The first kappa shape index (κ1) is 12.8. The maximum Gasteiger partial charge on any atom is 0.406 e. The van der Waals surface area contributed by atoms with Gasteiger partial charge in [0.15, 0.2) is 0 Å². The average molecular weight is 265 g/mol. The minimum Gasteiger partial charge on any atom is -0.325 e. The number of rotatable bonds is 3. The molecule has 1 aliphatic rings. The SMILES string of the molecule is FC(F)(F)Cn1ccnc1CN1CCSCC1. The standard InChI is InChI=1S/C10H14F3N3S/c11-10(12,13)8-16-2-1-14-9(16)7-15-3-5-17-6-4-15/h1-2H,3-8H2. The van der Waals surface area contributed by atoms with Gasteiger partial charge in [0, 0.05) is 37.0 Å². The lowest BCUT2D eigenvalue weighted by Gasteiger charge is -2.26. The molecule has 0 atom stereocenters. The van der Waals surface area contributed by atoms with Crippen molar-refractivity contribution in [3.8, 4) is 0 Å². The molecule has 3 nitrogen and oxygen atoms in total. The smallest absolute Gasteiger partial charge is 0.325 e. The highest BCUT2D eigenvalue weighted by atomic mass is 32.2. The molecule has 0 unspecified atom stereocenters. The van der Waals surface area contributed by atoms with Crippen molar-refractivity contribution in [3.63, 3.8) is 0 Å². The van der Waals surface area contributed by atoms with Gasteiger partial charge in [0.05, 0.1) is 6.54 Å². The van der Waals surface area contributed by atoms with Gasteiger partial charge in [0.1, 0.15) is 12.4 Å². The van der Waals surface area contributed by atoms with E-state index in [4.69, 9.17) is 0 Å². The molecule has 7 heteroatoms. The Morgan fingerprint density at radius 2 is 2.00 bits per heavy atom. The highest BCUT2D eigenvalue weighted by molar-refractivity contribution is 7.99. The molecule has 1 fully saturated rings. The molecular weight excluding hydrogens is 251 g/mol. The van der Waals surface area contributed by atoms with Gasteiger partial charge in [0.2, 0.25) is 0 Å². The van der Waals surface area contributed by atoms with Crippen LogP contribution in [0.4, 0.5) is 13.2 Å². The lowest BCUT2D eigenvalue weighted by Crippen LogP contribution is -2.33. The van der Waals surface area contributed by atoms with Gasteiger partial charge in [-0.25, -0.2) is 4.98 Å². The van der Waals surface area contributed by atoms with Crippen molar-refractivity contribution in [2.75, 3.05) is 24.6 Å². The van der Waals surface area contributed by atoms with Crippen LogP contribution < -0.4 is 0 Å². The van der Waals surface area contributed by atoms with Gasteiger partial charge in [-0.1, -0.05) is 0 Å². The van der Waals surface area contributed by atoms with Crippen molar-refractivity contribution in [2.45, 2.75) is 19.3 Å². The van der Waals surface area contributed by atoms with E-state index < -0.39 is 12.7 Å². The van der Waals surface area contributed by atoms with E-state index in [0.29, 0.717) is 12.4 Å². The summed E-state index contributed by atoms with van der Waals surface area (Å²) in [6.07, 6.45) is -1.37. The third-order valence-corrected chi connectivity index (χ3v) is 3.56. The maximum atomic E-state index is 12.3.